The van der Waals surface area contributed by atoms with E-state index in [1.807, 2.05) is 29.6 Å². The van der Waals surface area contributed by atoms with Crippen LogP contribution >= 0.6 is 22.9 Å². The predicted octanol–water partition coefficient (Wildman–Crippen LogP) is 3.12. The van der Waals surface area contributed by atoms with Gasteiger partial charge in [0.2, 0.25) is 0 Å². The zero-order valence-corrected chi connectivity index (χ0v) is 10.2. The third-order valence-electron chi connectivity index (χ3n) is 2.50. The molecule has 1 unspecified atom stereocenters. The summed E-state index contributed by atoms with van der Waals surface area (Å²) in [7, 11) is 0. The number of nitrogens with zero attached hydrogens (tertiary/aromatic N) is 1. The summed E-state index contributed by atoms with van der Waals surface area (Å²) >= 11 is 7.67. The minimum Gasteiger partial charge on any atom is -0.396 e. The highest BCUT2D eigenvalue weighted by molar-refractivity contribution is 7.07. The Morgan fingerprint density at radius 2 is 2.19 bits per heavy atom. The molecule has 1 heterocycles. The van der Waals surface area contributed by atoms with E-state index in [2.05, 4.69) is 4.98 Å². The van der Waals surface area contributed by atoms with Gasteiger partial charge in [-0.3, -0.25) is 0 Å². The zero-order chi connectivity index (χ0) is 11.4. The minimum absolute atomic E-state index is 0.0239. The van der Waals surface area contributed by atoms with Gasteiger partial charge in [0.1, 0.15) is 0 Å². The number of rotatable bonds is 4. The van der Waals surface area contributed by atoms with E-state index in [1.54, 1.807) is 16.8 Å². The number of aromatic nitrogens is 1. The summed E-state index contributed by atoms with van der Waals surface area (Å²) in [4.78, 5) is 4.22. The van der Waals surface area contributed by atoms with Crippen LogP contribution in [0, 0.1) is 0 Å². The fraction of sp³-hybridized carbons (Fsp3) is 0.250. The summed E-state index contributed by atoms with van der Waals surface area (Å²) in [6.07, 6.45) is 0.726. The molecule has 4 heteroatoms. The van der Waals surface area contributed by atoms with Gasteiger partial charge in [-0.15, -0.1) is 11.3 Å². The number of aliphatic hydroxyl groups is 1. The van der Waals surface area contributed by atoms with Crippen molar-refractivity contribution in [1.29, 1.82) is 0 Å². The largest absolute Gasteiger partial charge is 0.396 e. The Morgan fingerprint density at radius 1 is 1.38 bits per heavy atom. The minimum atomic E-state index is 0.0239. The second kappa shape index (κ2) is 5.43. The zero-order valence-electron chi connectivity index (χ0n) is 8.64. The summed E-state index contributed by atoms with van der Waals surface area (Å²) in [5, 5.41) is 12.1. The van der Waals surface area contributed by atoms with Gasteiger partial charge in [0.25, 0.3) is 0 Å². The van der Waals surface area contributed by atoms with Gasteiger partial charge >= 0.3 is 0 Å². The van der Waals surface area contributed by atoms with Crippen molar-refractivity contribution >= 4 is 22.9 Å². The predicted molar refractivity (Wildman–Crippen MR) is 67.1 cm³/mol. The standard InChI is InChI=1S/C12H12ClNOS/c13-12-4-2-1-3-11(12)9(6-15)5-10-7-16-8-14-10/h1-4,7-9,15H,5-6H2. The molecule has 84 valence electrons. The Labute approximate surface area is 104 Å². The van der Waals surface area contributed by atoms with Crippen LogP contribution in [0.2, 0.25) is 5.02 Å². The third kappa shape index (κ3) is 2.61. The first-order valence-corrected chi connectivity index (χ1v) is 6.35. The molecule has 1 N–H and O–H groups in total. The molecule has 0 saturated carbocycles. The second-order valence-corrected chi connectivity index (χ2v) is 4.71. The lowest BCUT2D eigenvalue weighted by molar-refractivity contribution is 0.264. The highest BCUT2D eigenvalue weighted by atomic mass is 35.5. The molecule has 0 spiro atoms. The van der Waals surface area contributed by atoms with Crippen molar-refractivity contribution in [2.75, 3.05) is 6.61 Å². The number of aliphatic hydroxyl groups excluding tert-OH is 1. The third-order valence-corrected chi connectivity index (χ3v) is 3.48. The normalized spacial score (nSPS) is 12.6. The number of hydrogen-bond donors (Lipinski definition) is 1. The molecule has 0 aliphatic carbocycles. The lowest BCUT2D eigenvalue weighted by atomic mass is 9.95. The molecule has 0 radical (unpaired) electrons. The summed E-state index contributed by atoms with van der Waals surface area (Å²) in [5.74, 6) is 0.0239. The quantitative estimate of drug-likeness (QED) is 0.908. The van der Waals surface area contributed by atoms with E-state index >= 15 is 0 Å². The van der Waals surface area contributed by atoms with Crippen molar-refractivity contribution in [3.05, 3.63) is 51.4 Å². The fourth-order valence-corrected chi connectivity index (χ4v) is 2.53. The number of benzene rings is 1. The molecule has 0 amide bonds. The van der Waals surface area contributed by atoms with Crippen molar-refractivity contribution < 1.29 is 5.11 Å². The van der Waals surface area contributed by atoms with Crippen molar-refractivity contribution in [2.24, 2.45) is 0 Å². The molecule has 0 aliphatic rings. The Hall–Kier alpha value is -0.900. The van der Waals surface area contributed by atoms with Gasteiger partial charge in [-0.25, -0.2) is 4.98 Å². The van der Waals surface area contributed by atoms with Crippen LogP contribution in [0.15, 0.2) is 35.2 Å². The topological polar surface area (TPSA) is 33.1 Å². The van der Waals surface area contributed by atoms with E-state index < -0.39 is 0 Å². The summed E-state index contributed by atoms with van der Waals surface area (Å²) in [5.41, 5.74) is 3.79. The molecule has 0 fully saturated rings. The Balaban J connectivity index is 2.20. The van der Waals surface area contributed by atoms with Gasteiger partial charge in [-0.05, 0) is 18.1 Å². The molecule has 1 aromatic carbocycles. The van der Waals surface area contributed by atoms with Gasteiger partial charge in [-0.1, -0.05) is 29.8 Å². The molecule has 0 bridgehead atoms. The monoisotopic (exact) mass is 253 g/mol. The molecule has 2 rings (SSSR count). The molecular weight excluding hydrogens is 242 g/mol. The maximum atomic E-state index is 9.42. The van der Waals surface area contributed by atoms with Gasteiger partial charge < -0.3 is 5.11 Å². The van der Waals surface area contributed by atoms with E-state index in [4.69, 9.17) is 11.6 Å². The Kier molecular flexibility index (Phi) is 3.93. The van der Waals surface area contributed by atoms with Crippen LogP contribution in [-0.2, 0) is 6.42 Å². The number of hydrogen-bond acceptors (Lipinski definition) is 3. The number of halogens is 1. The smallest absolute Gasteiger partial charge is 0.0794 e. The van der Waals surface area contributed by atoms with Crippen molar-refractivity contribution in [3.63, 3.8) is 0 Å². The molecule has 1 atom stereocenters. The van der Waals surface area contributed by atoms with Gasteiger partial charge in [0, 0.05) is 16.3 Å². The van der Waals surface area contributed by atoms with E-state index in [1.165, 1.54) is 0 Å². The SMILES string of the molecule is OCC(Cc1cscn1)c1ccccc1Cl. The molecule has 0 aliphatic heterocycles. The van der Waals surface area contributed by atoms with E-state index in [-0.39, 0.29) is 12.5 Å². The molecule has 16 heavy (non-hydrogen) atoms. The van der Waals surface area contributed by atoms with E-state index in [0.29, 0.717) is 5.02 Å². The first kappa shape index (κ1) is 11.6. The first-order chi connectivity index (χ1) is 7.81. The molecule has 2 aromatic rings. The van der Waals surface area contributed by atoms with Crippen LogP contribution in [0.3, 0.4) is 0 Å². The van der Waals surface area contributed by atoms with Gasteiger partial charge in [0.05, 0.1) is 17.8 Å². The summed E-state index contributed by atoms with van der Waals surface area (Å²) < 4.78 is 0. The number of thiazole rings is 1. The van der Waals surface area contributed by atoms with E-state index in [9.17, 15) is 5.11 Å². The summed E-state index contributed by atoms with van der Waals surface area (Å²) in [6, 6.07) is 7.63. The van der Waals surface area contributed by atoms with Crippen LogP contribution < -0.4 is 0 Å². The average molecular weight is 254 g/mol. The highest BCUT2D eigenvalue weighted by Gasteiger charge is 2.14. The summed E-state index contributed by atoms with van der Waals surface area (Å²) in [6.45, 7) is 0.0846. The highest BCUT2D eigenvalue weighted by Crippen LogP contribution is 2.26. The lowest BCUT2D eigenvalue weighted by Gasteiger charge is -2.14. The first-order valence-electron chi connectivity index (χ1n) is 5.03. The molecule has 2 nitrogen and oxygen atoms in total. The van der Waals surface area contributed by atoms with Crippen molar-refractivity contribution in [3.8, 4) is 0 Å². The van der Waals surface area contributed by atoms with Crippen LogP contribution in [-0.4, -0.2) is 16.7 Å². The van der Waals surface area contributed by atoms with Gasteiger partial charge in [-0.2, -0.15) is 0 Å². The van der Waals surface area contributed by atoms with Crippen molar-refractivity contribution in [1.82, 2.24) is 4.98 Å². The lowest BCUT2D eigenvalue weighted by Crippen LogP contribution is -2.08. The van der Waals surface area contributed by atoms with Crippen LogP contribution in [0.1, 0.15) is 17.2 Å². The van der Waals surface area contributed by atoms with Crippen molar-refractivity contribution in [2.45, 2.75) is 12.3 Å². The van der Waals surface area contributed by atoms with Crippen LogP contribution in [0.5, 0.6) is 0 Å². The van der Waals surface area contributed by atoms with Crippen LogP contribution in [0.4, 0.5) is 0 Å². The van der Waals surface area contributed by atoms with E-state index in [0.717, 1.165) is 17.7 Å². The van der Waals surface area contributed by atoms with Crippen LogP contribution in [0.25, 0.3) is 0 Å². The fourth-order valence-electron chi connectivity index (χ4n) is 1.67. The Morgan fingerprint density at radius 3 is 2.81 bits per heavy atom. The molecular formula is C12H12ClNOS. The Bertz CT molecular complexity index is 444. The maximum absolute atomic E-state index is 9.42. The van der Waals surface area contributed by atoms with Gasteiger partial charge in [0.15, 0.2) is 0 Å². The molecule has 0 saturated heterocycles. The molecule has 1 aromatic heterocycles. The second-order valence-electron chi connectivity index (χ2n) is 3.58. The maximum Gasteiger partial charge on any atom is 0.0794 e. The average Bonchev–Trinajstić information content (AvgIpc) is 2.80.